The van der Waals surface area contributed by atoms with Gasteiger partial charge >= 0.3 is 0 Å². The Bertz CT molecular complexity index is 560. The minimum Gasteiger partial charge on any atom is -0.370 e. The highest BCUT2D eigenvalue weighted by molar-refractivity contribution is 5.46. The highest BCUT2D eigenvalue weighted by Crippen LogP contribution is 2.13. The summed E-state index contributed by atoms with van der Waals surface area (Å²) in [5, 5.41) is 5.97. The number of aromatic nitrogens is 2. The number of halogens is 2. The fourth-order valence-electron chi connectivity index (χ4n) is 1.60. The predicted molar refractivity (Wildman–Crippen MR) is 69.9 cm³/mol. The van der Waals surface area contributed by atoms with E-state index in [1.54, 1.807) is 6.07 Å². The van der Waals surface area contributed by atoms with Crippen LogP contribution in [0, 0.1) is 11.6 Å². The van der Waals surface area contributed by atoms with Crippen LogP contribution in [0.2, 0.25) is 0 Å². The van der Waals surface area contributed by atoms with Crippen molar-refractivity contribution in [2.75, 3.05) is 17.2 Å². The Kier molecular flexibility index (Phi) is 4.22. The summed E-state index contributed by atoms with van der Waals surface area (Å²) in [7, 11) is 0. The minimum absolute atomic E-state index is 0.159. The van der Waals surface area contributed by atoms with Crippen molar-refractivity contribution >= 4 is 11.6 Å². The van der Waals surface area contributed by atoms with Crippen molar-refractivity contribution in [3.05, 3.63) is 47.8 Å². The number of benzene rings is 1. The summed E-state index contributed by atoms with van der Waals surface area (Å²) in [6.45, 7) is 2.86. The van der Waals surface area contributed by atoms with E-state index in [1.807, 2.05) is 6.92 Å². The molecule has 0 bridgehead atoms. The third-order valence-electron chi connectivity index (χ3n) is 2.49. The second-order valence-electron chi connectivity index (χ2n) is 3.91. The molecule has 4 nitrogen and oxygen atoms in total. The molecular weight excluding hydrogens is 250 g/mol. The van der Waals surface area contributed by atoms with Crippen LogP contribution in [0.3, 0.4) is 0 Å². The molecule has 2 aromatic rings. The van der Waals surface area contributed by atoms with Crippen molar-refractivity contribution in [1.82, 2.24) is 9.97 Å². The van der Waals surface area contributed by atoms with Crippen molar-refractivity contribution in [2.45, 2.75) is 13.5 Å². The maximum absolute atomic E-state index is 13.4. The Balaban J connectivity index is 2.05. The highest BCUT2D eigenvalue weighted by atomic mass is 19.1. The summed E-state index contributed by atoms with van der Waals surface area (Å²) in [5.41, 5.74) is 0.253. The van der Waals surface area contributed by atoms with Gasteiger partial charge in [-0.15, -0.1) is 0 Å². The Labute approximate surface area is 109 Å². The number of nitrogens with zero attached hydrogens (tertiary/aromatic N) is 2. The average molecular weight is 264 g/mol. The van der Waals surface area contributed by atoms with Gasteiger partial charge in [-0.05, 0) is 25.1 Å². The number of hydrogen-bond donors (Lipinski definition) is 2. The molecule has 2 rings (SSSR count). The Morgan fingerprint density at radius 1 is 1.05 bits per heavy atom. The van der Waals surface area contributed by atoms with Gasteiger partial charge in [0, 0.05) is 24.7 Å². The summed E-state index contributed by atoms with van der Waals surface area (Å²) in [6, 6.07) is 5.07. The molecule has 19 heavy (non-hydrogen) atoms. The first-order valence-electron chi connectivity index (χ1n) is 5.92. The number of anilines is 2. The zero-order valence-corrected chi connectivity index (χ0v) is 10.5. The molecule has 0 aliphatic carbocycles. The van der Waals surface area contributed by atoms with E-state index in [9.17, 15) is 8.78 Å². The Morgan fingerprint density at radius 2 is 1.79 bits per heavy atom. The van der Waals surface area contributed by atoms with E-state index in [4.69, 9.17) is 0 Å². The van der Waals surface area contributed by atoms with Crippen molar-refractivity contribution in [3.63, 3.8) is 0 Å². The van der Waals surface area contributed by atoms with Gasteiger partial charge in [0.05, 0.1) is 0 Å². The lowest BCUT2D eigenvalue weighted by atomic mass is 10.2. The Morgan fingerprint density at radius 3 is 2.53 bits per heavy atom. The summed E-state index contributed by atoms with van der Waals surface area (Å²) < 4.78 is 26.4. The van der Waals surface area contributed by atoms with Gasteiger partial charge < -0.3 is 10.6 Å². The molecule has 0 fully saturated rings. The highest BCUT2D eigenvalue weighted by Gasteiger charge is 2.04. The van der Waals surface area contributed by atoms with Crippen molar-refractivity contribution in [2.24, 2.45) is 0 Å². The lowest BCUT2D eigenvalue weighted by Gasteiger charge is -2.08. The molecule has 100 valence electrons. The van der Waals surface area contributed by atoms with Crippen molar-refractivity contribution in [3.8, 4) is 0 Å². The van der Waals surface area contributed by atoms with Crippen molar-refractivity contribution < 1.29 is 8.78 Å². The van der Waals surface area contributed by atoms with Gasteiger partial charge in [0.15, 0.2) is 0 Å². The molecule has 0 saturated carbocycles. The summed E-state index contributed by atoms with van der Waals surface area (Å²) in [6.07, 6.45) is 1.41. The van der Waals surface area contributed by atoms with Crippen LogP contribution in [0.1, 0.15) is 12.5 Å². The Hall–Kier alpha value is -2.24. The van der Waals surface area contributed by atoms with Gasteiger partial charge in [-0.25, -0.2) is 18.7 Å². The molecule has 0 amide bonds. The quantitative estimate of drug-likeness (QED) is 0.872. The average Bonchev–Trinajstić information content (AvgIpc) is 2.41. The maximum atomic E-state index is 13.4. The molecule has 6 heteroatoms. The standard InChI is InChI=1S/C13H14F2N4/c1-2-16-12-6-13(19-8-18-12)17-7-9-5-10(14)3-4-11(9)15/h3-6,8H,2,7H2,1H3,(H2,16,17,18,19). The fraction of sp³-hybridized carbons (Fsp3) is 0.231. The second-order valence-corrected chi connectivity index (χ2v) is 3.91. The molecule has 1 heterocycles. The molecule has 1 aromatic heterocycles. The first-order chi connectivity index (χ1) is 9.19. The molecule has 0 radical (unpaired) electrons. The fourth-order valence-corrected chi connectivity index (χ4v) is 1.60. The second kappa shape index (κ2) is 6.08. The van der Waals surface area contributed by atoms with Crippen LogP contribution in [0.15, 0.2) is 30.6 Å². The van der Waals surface area contributed by atoms with E-state index < -0.39 is 11.6 Å². The molecule has 0 unspecified atom stereocenters. The van der Waals surface area contributed by atoms with Crippen LogP contribution in [0.4, 0.5) is 20.4 Å². The lowest BCUT2D eigenvalue weighted by molar-refractivity contribution is 0.587. The van der Waals surface area contributed by atoms with Crippen LogP contribution in [0.5, 0.6) is 0 Å². The summed E-state index contributed by atoms with van der Waals surface area (Å²) >= 11 is 0. The molecular formula is C13H14F2N4. The van der Waals surface area contributed by atoms with E-state index in [1.165, 1.54) is 6.33 Å². The van der Waals surface area contributed by atoms with Crippen LogP contribution < -0.4 is 10.6 Å². The largest absolute Gasteiger partial charge is 0.370 e. The van der Waals surface area contributed by atoms with E-state index in [-0.39, 0.29) is 12.1 Å². The zero-order chi connectivity index (χ0) is 13.7. The van der Waals surface area contributed by atoms with Gasteiger partial charge in [-0.2, -0.15) is 0 Å². The molecule has 0 atom stereocenters. The molecule has 2 N–H and O–H groups in total. The minimum atomic E-state index is -0.464. The van der Waals surface area contributed by atoms with Gasteiger partial charge in [-0.3, -0.25) is 0 Å². The molecule has 0 saturated heterocycles. The molecule has 0 aliphatic rings. The first kappa shape index (κ1) is 13.2. The lowest BCUT2D eigenvalue weighted by Crippen LogP contribution is -2.06. The summed E-state index contributed by atoms with van der Waals surface area (Å²) in [5.74, 6) is 0.318. The molecule has 1 aromatic carbocycles. The van der Waals surface area contributed by atoms with E-state index in [0.29, 0.717) is 11.6 Å². The van der Waals surface area contributed by atoms with Crippen molar-refractivity contribution in [1.29, 1.82) is 0 Å². The number of nitrogens with one attached hydrogen (secondary N) is 2. The van der Waals surface area contributed by atoms with Crippen LogP contribution in [-0.4, -0.2) is 16.5 Å². The summed E-state index contributed by atoms with van der Waals surface area (Å²) in [4.78, 5) is 8.03. The van der Waals surface area contributed by atoms with E-state index in [0.717, 1.165) is 24.7 Å². The maximum Gasteiger partial charge on any atom is 0.131 e. The van der Waals surface area contributed by atoms with Gasteiger partial charge in [0.1, 0.15) is 29.6 Å². The number of hydrogen-bond acceptors (Lipinski definition) is 4. The topological polar surface area (TPSA) is 49.8 Å². The predicted octanol–water partition coefficient (Wildman–Crippen LogP) is 2.80. The van der Waals surface area contributed by atoms with E-state index >= 15 is 0 Å². The smallest absolute Gasteiger partial charge is 0.131 e. The van der Waals surface area contributed by atoms with Gasteiger partial charge in [0.25, 0.3) is 0 Å². The normalized spacial score (nSPS) is 10.3. The zero-order valence-electron chi connectivity index (χ0n) is 10.5. The first-order valence-corrected chi connectivity index (χ1v) is 5.92. The third kappa shape index (κ3) is 3.61. The molecule has 0 spiro atoms. The SMILES string of the molecule is CCNc1cc(NCc2cc(F)ccc2F)ncn1. The van der Waals surface area contributed by atoms with E-state index in [2.05, 4.69) is 20.6 Å². The molecule has 0 aliphatic heterocycles. The van der Waals surface area contributed by atoms with Gasteiger partial charge in [-0.1, -0.05) is 0 Å². The van der Waals surface area contributed by atoms with Gasteiger partial charge in [0.2, 0.25) is 0 Å². The number of rotatable bonds is 5. The monoisotopic (exact) mass is 264 g/mol. The van der Waals surface area contributed by atoms with Crippen LogP contribution >= 0.6 is 0 Å². The van der Waals surface area contributed by atoms with Crippen LogP contribution in [0.25, 0.3) is 0 Å². The van der Waals surface area contributed by atoms with Crippen LogP contribution in [-0.2, 0) is 6.54 Å². The third-order valence-corrected chi connectivity index (χ3v) is 2.49.